The smallest absolute Gasteiger partial charge is 0.269 e. The Kier molecular flexibility index (Phi) is 4.33. The van der Waals surface area contributed by atoms with Crippen molar-refractivity contribution in [3.8, 4) is 17.0 Å². The first-order chi connectivity index (χ1) is 11.6. The Morgan fingerprint density at radius 3 is 2.92 bits per heavy atom. The van der Waals surface area contributed by atoms with E-state index in [0.29, 0.717) is 17.9 Å². The number of rotatable bonds is 5. The van der Waals surface area contributed by atoms with Crippen LogP contribution >= 0.6 is 0 Å². The molecule has 124 valence electrons. The number of ether oxygens (including phenoxy) is 1. The standard InChI is InChI=1S/C17H19N5O2/c1-11-13(10-19-22(11)2)9-18-17(23)16-8-15(20-21-16)12-5-4-6-14(7-12)24-3/h4-8,10H,9H2,1-3H3,(H,18,23)(H,20,21). The lowest BCUT2D eigenvalue weighted by Gasteiger charge is -2.03. The predicted octanol–water partition coefficient (Wildman–Crippen LogP) is 2.06. The number of carbonyl (C=O) groups is 1. The van der Waals surface area contributed by atoms with Gasteiger partial charge in [-0.1, -0.05) is 12.1 Å². The van der Waals surface area contributed by atoms with Crippen LogP contribution in [-0.2, 0) is 13.6 Å². The Hall–Kier alpha value is -3.09. The van der Waals surface area contributed by atoms with Gasteiger partial charge in [0.05, 0.1) is 19.0 Å². The summed E-state index contributed by atoms with van der Waals surface area (Å²) in [6.45, 7) is 2.39. The van der Waals surface area contributed by atoms with Gasteiger partial charge < -0.3 is 10.1 Å². The van der Waals surface area contributed by atoms with Gasteiger partial charge >= 0.3 is 0 Å². The molecule has 2 N–H and O–H groups in total. The van der Waals surface area contributed by atoms with Crippen LogP contribution < -0.4 is 10.1 Å². The van der Waals surface area contributed by atoms with Gasteiger partial charge in [0, 0.05) is 30.4 Å². The average molecular weight is 325 g/mol. The molecular formula is C17H19N5O2. The van der Waals surface area contributed by atoms with Crippen LogP contribution in [0.5, 0.6) is 5.75 Å². The first-order valence-electron chi connectivity index (χ1n) is 7.54. The average Bonchev–Trinajstić information content (AvgIpc) is 3.22. The molecule has 2 aromatic heterocycles. The Morgan fingerprint density at radius 1 is 1.38 bits per heavy atom. The summed E-state index contributed by atoms with van der Waals surface area (Å²) in [6.07, 6.45) is 1.75. The zero-order chi connectivity index (χ0) is 17.1. The fourth-order valence-corrected chi connectivity index (χ4v) is 2.36. The van der Waals surface area contributed by atoms with Crippen molar-refractivity contribution < 1.29 is 9.53 Å². The van der Waals surface area contributed by atoms with Gasteiger partial charge in [0.15, 0.2) is 0 Å². The van der Waals surface area contributed by atoms with E-state index in [-0.39, 0.29) is 5.91 Å². The first kappa shape index (κ1) is 15.8. The Bertz CT molecular complexity index is 866. The molecule has 0 aliphatic rings. The van der Waals surface area contributed by atoms with Crippen LogP contribution in [-0.4, -0.2) is 33.0 Å². The van der Waals surface area contributed by atoms with Crippen LogP contribution in [0.2, 0.25) is 0 Å². The van der Waals surface area contributed by atoms with Crippen LogP contribution in [0.15, 0.2) is 36.5 Å². The number of benzene rings is 1. The normalized spacial score (nSPS) is 10.6. The fraction of sp³-hybridized carbons (Fsp3) is 0.235. The van der Waals surface area contributed by atoms with Crippen molar-refractivity contribution in [2.45, 2.75) is 13.5 Å². The highest BCUT2D eigenvalue weighted by atomic mass is 16.5. The van der Waals surface area contributed by atoms with E-state index in [0.717, 1.165) is 22.6 Å². The Balaban J connectivity index is 1.70. The molecule has 0 saturated carbocycles. The maximum atomic E-state index is 12.3. The van der Waals surface area contributed by atoms with Gasteiger partial charge in [-0.3, -0.25) is 14.6 Å². The van der Waals surface area contributed by atoms with Crippen LogP contribution in [0.3, 0.4) is 0 Å². The number of hydrogen-bond acceptors (Lipinski definition) is 4. The summed E-state index contributed by atoms with van der Waals surface area (Å²) in [4.78, 5) is 12.3. The number of aryl methyl sites for hydroxylation is 1. The number of nitrogens with one attached hydrogen (secondary N) is 2. The first-order valence-corrected chi connectivity index (χ1v) is 7.54. The minimum absolute atomic E-state index is 0.208. The van der Waals surface area contributed by atoms with Crippen molar-refractivity contribution in [2.24, 2.45) is 7.05 Å². The van der Waals surface area contributed by atoms with E-state index in [1.165, 1.54) is 0 Å². The molecular weight excluding hydrogens is 306 g/mol. The topological polar surface area (TPSA) is 84.8 Å². The summed E-state index contributed by atoms with van der Waals surface area (Å²) in [7, 11) is 3.49. The second-order valence-electron chi connectivity index (χ2n) is 5.46. The number of carbonyl (C=O) groups excluding carboxylic acids is 1. The second-order valence-corrected chi connectivity index (χ2v) is 5.46. The van der Waals surface area contributed by atoms with E-state index in [1.54, 1.807) is 24.1 Å². The third-order valence-electron chi connectivity index (χ3n) is 3.96. The van der Waals surface area contributed by atoms with E-state index in [1.807, 2.05) is 38.2 Å². The fourth-order valence-electron chi connectivity index (χ4n) is 2.36. The van der Waals surface area contributed by atoms with Crippen LogP contribution in [0.25, 0.3) is 11.3 Å². The van der Waals surface area contributed by atoms with Crippen molar-refractivity contribution >= 4 is 5.91 Å². The predicted molar refractivity (Wildman–Crippen MR) is 89.7 cm³/mol. The lowest BCUT2D eigenvalue weighted by atomic mass is 10.1. The lowest BCUT2D eigenvalue weighted by Crippen LogP contribution is -2.23. The molecule has 0 fully saturated rings. The molecule has 1 amide bonds. The van der Waals surface area contributed by atoms with Crippen LogP contribution in [0.1, 0.15) is 21.7 Å². The zero-order valence-electron chi connectivity index (χ0n) is 13.8. The maximum Gasteiger partial charge on any atom is 0.269 e. The maximum absolute atomic E-state index is 12.3. The minimum atomic E-state index is -0.208. The van der Waals surface area contributed by atoms with E-state index >= 15 is 0 Å². The monoisotopic (exact) mass is 325 g/mol. The van der Waals surface area contributed by atoms with Gasteiger partial charge in [-0.2, -0.15) is 10.2 Å². The molecule has 2 heterocycles. The molecule has 0 aliphatic carbocycles. The summed E-state index contributed by atoms with van der Waals surface area (Å²) in [5.41, 5.74) is 3.99. The van der Waals surface area contributed by atoms with E-state index in [9.17, 15) is 4.79 Å². The number of H-pyrrole nitrogens is 1. The highest BCUT2D eigenvalue weighted by Crippen LogP contribution is 2.22. The molecule has 0 radical (unpaired) electrons. The number of aromatic amines is 1. The molecule has 7 heteroatoms. The van der Waals surface area contributed by atoms with Gasteiger partial charge in [-0.05, 0) is 25.1 Å². The molecule has 0 aliphatic heterocycles. The molecule has 24 heavy (non-hydrogen) atoms. The summed E-state index contributed by atoms with van der Waals surface area (Å²) < 4.78 is 6.98. The summed E-state index contributed by atoms with van der Waals surface area (Å²) in [5.74, 6) is 0.536. The van der Waals surface area contributed by atoms with Crippen LogP contribution in [0, 0.1) is 6.92 Å². The molecule has 0 unspecified atom stereocenters. The highest BCUT2D eigenvalue weighted by molar-refractivity contribution is 5.93. The van der Waals surface area contributed by atoms with Gasteiger partial charge in [-0.25, -0.2) is 0 Å². The third kappa shape index (κ3) is 3.15. The van der Waals surface area contributed by atoms with E-state index < -0.39 is 0 Å². The van der Waals surface area contributed by atoms with Gasteiger partial charge in [0.25, 0.3) is 5.91 Å². The number of hydrogen-bond donors (Lipinski definition) is 2. The SMILES string of the molecule is COc1cccc(-c2cc(C(=O)NCc3cnn(C)c3C)[nH]n2)c1. The molecule has 0 saturated heterocycles. The van der Waals surface area contributed by atoms with Crippen molar-refractivity contribution in [3.05, 3.63) is 53.5 Å². The quantitative estimate of drug-likeness (QED) is 0.752. The summed E-state index contributed by atoms with van der Waals surface area (Å²) in [5, 5.41) is 14.0. The molecule has 3 aromatic rings. The van der Waals surface area contributed by atoms with Crippen molar-refractivity contribution in [1.82, 2.24) is 25.3 Å². The summed E-state index contributed by atoms with van der Waals surface area (Å²) in [6, 6.07) is 9.25. The summed E-state index contributed by atoms with van der Waals surface area (Å²) >= 11 is 0. The molecule has 1 aromatic carbocycles. The zero-order valence-corrected chi connectivity index (χ0v) is 13.8. The second kappa shape index (κ2) is 6.57. The number of aromatic nitrogens is 4. The molecule has 7 nitrogen and oxygen atoms in total. The minimum Gasteiger partial charge on any atom is -0.497 e. The van der Waals surface area contributed by atoms with Gasteiger partial charge in [0.1, 0.15) is 11.4 Å². The van der Waals surface area contributed by atoms with Crippen molar-refractivity contribution in [3.63, 3.8) is 0 Å². The Labute approximate surface area is 139 Å². The van der Waals surface area contributed by atoms with Gasteiger partial charge in [-0.15, -0.1) is 0 Å². The van der Waals surface area contributed by atoms with Crippen molar-refractivity contribution in [2.75, 3.05) is 7.11 Å². The molecule has 0 atom stereocenters. The third-order valence-corrected chi connectivity index (χ3v) is 3.96. The molecule has 0 spiro atoms. The highest BCUT2D eigenvalue weighted by Gasteiger charge is 2.12. The van der Waals surface area contributed by atoms with Crippen molar-refractivity contribution in [1.29, 1.82) is 0 Å². The number of nitrogens with zero attached hydrogens (tertiary/aromatic N) is 3. The van der Waals surface area contributed by atoms with Crippen LogP contribution in [0.4, 0.5) is 0 Å². The van der Waals surface area contributed by atoms with E-state index in [2.05, 4.69) is 20.6 Å². The molecule has 0 bridgehead atoms. The van der Waals surface area contributed by atoms with E-state index in [4.69, 9.17) is 4.74 Å². The largest absolute Gasteiger partial charge is 0.497 e. The number of methoxy groups -OCH3 is 1. The number of amides is 1. The Morgan fingerprint density at radius 2 is 2.21 bits per heavy atom. The lowest BCUT2D eigenvalue weighted by molar-refractivity contribution is 0.0946. The van der Waals surface area contributed by atoms with Gasteiger partial charge in [0.2, 0.25) is 0 Å². The molecule has 3 rings (SSSR count).